The van der Waals surface area contributed by atoms with Gasteiger partial charge in [0.2, 0.25) is 0 Å². The molecule has 0 N–H and O–H groups in total. The van der Waals surface area contributed by atoms with Crippen molar-refractivity contribution in [1.29, 1.82) is 0 Å². The standard InChI is InChI=1S/C52H51NOS/c1-2-13-35(14-3-1)43-23-11-25-46-47-26-12-27-48(52(47)55-51(43)46)53(39-18-8-17-37(33-39)41-21-9-16-34-15-4-5-19-40(34)41)38-31-29-36(30-32-38)42-22-10-24-45-44-20-6-7-28-49(44)54-50(42)45/h2,4-11,13,15-23,25-26,28-29,31-32,34-36,39-40,44-45,48-49,52H,1,3,12,14,24,27,30,33H2. The number of ether oxygens (including phenoxy) is 1. The van der Waals surface area contributed by atoms with Gasteiger partial charge in [-0.25, -0.2) is 0 Å². The maximum absolute atomic E-state index is 6.72. The molecule has 0 saturated carbocycles. The van der Waals surface area contributed by atoms with Gasteiger partial charge in [0.15, 0.2) is 0 Å². The highest BCUT2D eigenvalue weighted by molar-refractivity contribution is 8.01. The summed E-state index contributed by atoms with van der Waals surface area (Å²) in [7, 11) is 0. The lowest BCUT2D eigenvalue weighted by molar-refractivity contribution is 0.181. The van der Waals surface area contributed by atoms with Crippen LogP contribution in [0.5, 0.6) is 0 Å². The highest BCUT2D eigenvalue weighted by Crippen LogP contribution is 2.55. The molecule has 0 bridgehead atoms. The summed E-state index contributed by atoms with van der Waals surface area (Å²) in [5.41, 5.74) is 10.4. The lowest BCUT2D eigenvalue weighted by Crippen LogP contribution is -2.48. The summed E-state index contributed by atoms with van der Waals surface area (Å²) >= 11 is 2.18. The molecule has 0 radical (unpaired) electrons. The monoisotopic (exact) mass is 737 g/mol. The molecule has 10 aliphatic rings. The van der Waals surface area contributed by atoms with Crippen LogP contribution in [0.25, 0.3) is 5.57 Å². The molecule has 2 heterocycles. The summed E-state index contributed by atoms with van der Waals surface area (Å²) in [5.74, 6) is 3.90. The molecule has 11 rings (SSSR count). The first-order chi connectivity index (χ1) is 27.3. The van der Waals surface area contributed by atoms with Crippen molar-refractivity contribution in [3.8, 4) is 0 Å². The van der Waals surface area contributed by atoms with E-state index in [0.29, 0.717) is 46.8 Å². The molecule has 55 heavy (non-hydrogen) atoms. The zero-order chi connectivity index (χ0) is 36.3. The highest BCUT2D eigenvalue weighted by atomic mass is 32.2. The topological polar surface area (TPSA) is 12.5 Å². The minimum atomic E-state index is 0.177. The smallest absolute Gasteiger partial charge is 0.124 e. The van der Waals surface area contributed by atoms with Gasteiger partial charge in [-0.1, -0.05) is 140 Å². The van der Waals surface area contributed by atoms with Crippen molar-refractivity contribution in [3.63, 3.8) is 0 Å². The Balaban J connectivity index is 0.927. The fourth-order valence-corrected chi connectivity index (χ4v) is 13.0. The van der Waals surface area contributed by atoms with Gasteiger partial charge in [0.25, 0.3) is 0 Å². The number of fused-ring (bicyclic) bond motifs is 7. The zero-order valence-corrected chi connectivity index (χ0v) is 32.4. The van der Waals surface area contributed by atoms with E-state index in [-0.39, 0.29) is 12.1 Å². The van der Waals surface area contributed by atoms with E-state index < -0.39 is 0 Å². The molecule has 1 fully saturated rings. The molecule has 3 heteroatoms. The van der Waals surface area contributed by atoms with E-state index in [0.717, 1.165) is 25.7 Å². The highest BCUT2D eigenvalue weighted by Gasteiger charge is 2.45. The third kappa shape index (κ3) is 5.92. The van der Waals surface area contributed by atoms with Crippen molar-refractivity contribution in [3.05, 3.63) is 191 Å². The lowest BCUT2D eigenvalue weighted by Gasteiger charge is -2.46. The minimum absolute atomic E-state index is 0.177. The van der Waals surface area contributed by atoms with Crippen molar-refractivity contribution in [2.45, 2.75) is 85.6 Å². The summed E-state index contributed by atoms with van der Waals surface area (Å²) < 4.78 is 6.72. The molecule has 1 aromatic carbocycles. The van der Waals surface area contributed by atoms with Crippen LogP contribution >= 0.6 is 11.8 Å². The number of rotatable bonds is 6. The Morgan fingerprint density at radius 3 is 2.56 bits per heavy atom. The van der Waals surface area contributed by atoms with Crippen LogP contribution in [0.3, 0.4) is 0 Å². The predicted octanol–water partition coefficient (Wildman–Crippen LogP) is 12.4. The summed E-state index contributed by atoms with van der Waals surface area (Å²) in [6.07, 6.45) is 61.8. The molecule has 1 aromatic rings. The molecule has 0 amide bonds. The summed E-state index contributed by atoms with van der Waals surface area (Å²) in [6, 6.07) is 7.87. The lowest BCUT2D eigenvalue weighted by atomic mass is 9.74. The van der Waals surface area contributed by atoms with Gasteiger partial charge in [-0.05, 0) is 96.9 Å². The molecule has 1 saturated heterocycles. The maximum atomic E-state index is 6.72. The molecule has 0 spiro atoms. The number of hydrogen-bond acceptors (Lipinski definition) is 3. The predicted molar refractivity (Wildman–Crippen MR) is 229 cm³/mol. The molecule has 2 aliphatic heterocycles. The van der Waals surface area contributed by atoms with Gasteiger partial charge in [0.1, 0.15) is 11.9 Å². The second kappa shape index (κ2) is 14.2. The average molecular weight is 738 g/mol. The van der Waals surface area contributed by atoms with Crippen LogP contribution in [0.4, 0.5) is 0 Å². The van der Waals surface area contributed by atoms with Crippen LogP contribution in [0, 0.1) is 29.6 Å². The number of nitrogens with zero attached hydrogens (tertiary/aromatic N) is 1. The van der Waals surface area contributed by atoms with Crippen LogP contribution in [0.15, 0.2) is 185 Å². The Morgan fingerprint density at radius 2 is 1.64 bits per heavy atom. The van der Waals surface area contributed by atoms with Crippen molar-refractivity contribution < 1.29 is 4.74 Å². The van der Waals surface area contributed by atoms with Gasteiger partial charge < -0.3 is 9.64 Å². The van der Waals surface area contributed by atoms with E-state index in [4.69, 9.17) is 4.74 Å². The Kier molecular flexibility index (Phi) is 8.76. The van der Waals surface area contributed by atoms with E-state index in [1.165, 1.54) is 59.4 Å². The average Bonchev–Trinajstić information content (AvgIpc) is 3.84. The van der Waals surface area contributed by atoms with E-state index >= 15 is 0 Å². The number of benzene rings is 1. The van der Waals surface area contributed by atoms with Crippen molar-refractivity contribution in [2.75, 3.05) is 0 Å². The van der Waals surface area contributed by atoms with E-state index in [9.17, 15) is 0 Å². The molecule has 10 unspecified atom stereocenters. The number of allylic oxidation sites excluding steroid dienone is 22. The molecular formula is C52H51NOS. The first-order valence-electron chi connectivity index (χ1n) is 21.2. The Labute approximate surface area is 332 Å². The van der Waals surface area contributed by atoms with Gasteiger partial charge >= 0.3 is 0 Å². The Hall–Kier alpha value is -4.47. The van der Waals surface area contributed by atoms with E-state index in [1.807, 2.05) is 0 Å². The number of hydrogen-bond donors (Lipinski definition) is 0. The van der Waals surface area contributed by atoms with Crippen molar-refractivity contribution in [1.82, 2.24) is 4.90 Å². The summed E-state index contributed by atoms with van der Waals surface area (Å²) in [5, 5.41) is 0.420. The molecular weight excluding hydrogens is 687 g/mol. The second-order valence-electron chi connectivity index (χ2n) is 17.0. The molecule has 8 aliphatic carbocycles. The Morgan fingerprint density at radius 1 is 0.727 bits per heavy atom. The first kappa shape index (κ1) is 33.8. The minimum Gasteiger partial charge on any atom is -0.489 e. The maximum Gasteiger partial charge on any atom is 0.124 e. The van der Waals surface area contributed by atoms with Gasteiger partial charge in [-0.3, -0.25) is 0 Å². The molecule has 10 atom stereocenters. The SMILES string of the molecule is C1=CC2C=CC=C(C3=CC=CC(N(C4=CCC(C5=C6OC7C=CC=CC7C6CC=C5)C=C4)C4CCC=C5c6cccc(C7C=CCCC7)c6SC54)C3)C2C=C1. The Bertz CT molecular complexity index is 2200. The van der Waals surface area contributed by atoms with Gasteiger partial charge in [-0.15, -0.1) is 11.8 Å². The first-order valence-corrected chi connectivity index (χ1v) is 22.0. The van der Waals surface area contributed by atoms with Crippen LogP contribution in [-0.2, 0) is 4.74 Å². The van der Waals surface area contributed by atoms with Crippen LogP contribution in [0.2, 0.25) is 0 Å². The largest absolute Gasteiger partial charge is 0.489 e. The van der Waals surface area contributed by atoms with Crippen LogP contribution < -0.4 is 0 Å². The molecule has 276 valence electrons. The van der Waals surface area contributed by atoms with Crippen molar-refractivity contribution in [2.24, 2.45) is 29.6 Å². The second-order valence-corrected chi connectivity index (χ2v) is 18.1. The van der Waals surface area contributed by atoms with E-state index in [1.54, 1.807) is 16.0 Å². The quantitative estimate of drug-likeness (QED) is 0.270. The normalized spacial score (nSPS) is 35.9. The zero-order valence-electron chi connectivity index (χ0n) is 31.6. The summed E-state index contributed by atoms with van der Waals surface area (Å²) in [6.45, 7) is 0. The van der Waals surface area contributed by atoms with E-state index in [2.05, 4.69) is 169 Å². The number of thioether (sulfide) groups is 1. The fraction of sp³-hybridized carbons (Fsp3) is 0.346. The fourth-order valence-electron chi connectivity index (χ4n) is 11.3. The van der Waals surface area contributed by atoms with Gasteiger partial charge in [0.05, 0.1) is 11.3 Å². The van der Waals surface area contributed by atoms with Crippen LogP contribution in [0.1, 0.15) is 68.4 Å². The molecule has 0 aromatic heterocycles. The van der Waals surface area contributed by atoms with Crippen molar-refractivity contribution >= 4 is 17.3 Å². The van der Waals surface area contributed by atoms with Gasteiger partial charge in [0, 0.05) is 52.1 Å². The third-order valence-electron chi connectivity index (χ3n) is 14.0. The van der Waals surface area contributed by atoms with Crippen LogP contribution in [-0.4, -0.2) is 28.3 Å². The third-order valence-corrected chi connectivity index (χ3v) is 15.5. The summed E-state index contributed by atoms with van der Waals surface area (Å²) in [4.78, 5) is 4.43. The van der Waals surface area contributed by atoms with Gasteiger partial charge in [-0.2, -0.15) is 0 Å². The molecule has 2 nitrogen and oxygen atoms in total.